The molecule has 0 saturated carbocycles. The lowest BCUT2D eigenvalue weighted by atomic mass is 10.1. The summed E-state index contributed by atoms with van der Waals surface area (Å²) in [5.74, 6) is 0.660. The number of phenolic OH excluding ortho intramolecular Hbond substituents is 1. The Morgan fingerprint density at radius 1 is 1.25 bits per heavy atom. The van der Waals surface area contributed by atoms with Gasteiger partial charge in [-0.1, -0.05) is 40.2 Å². The maximum Gasteiger partial charge on any atom is 0.160 e. The summed E-state index contributed by atoms with van der Waals surface area (Å²) in [5.41, 5.74) is 2.23. The second-order valence-corrected chi connectivity index (χ2v) is 5.48. The third kappa shape index (κ3) is 3.52. The molecule has 0 spiro atoms. The van der Waals surface area contributed by atoms with Crippen LogP contribution >= 0.6 is 15.9 Å². The van der Waals surface area contributed by atoms with Crippen molar-refractivity contribution in [3.8, 4) is 11.5 Å². The van der Waals surface area contributed by atoms with Crippen LogP contribution < -0.4 is 10.1 Å². The van der Waals surface area contributed by atoms with Gasteiger partial charge in [0.15, 0.2) is 11.5 Å². The second-order valence-electron chi connectivity index (χ2n) is 4.63. The van der Waals surface area contributed by atoms with Gasteiger partial charge in [-0.15, -0.1) is 0 Å². The van der Waals surface area contributed by atoms with Gasteiger partial charge in [0.2, 0.25) is 0 Å². The number of benzene rings is 2. The summed E-state index contributed by atoms with van der Waals surface area (Å²) in [5, 5.41) is 13.2. The van der Waals surface area contributed by atoms with E-state index in [1.54, 1.807) is 19.2 Å². The van der Waals surface area contributed by atoms with Crippen molar-refractivity contribution in [3.63, 3.8) is 0 Å². The molecule has 106 valence electrons. The van der Waals surface area contributed by atoms with Crippen LogP contribution in [-0.2, 0) is 6.54 Å². The lowest BCUT2D eigenvalue weighted by molar-refractivity contribution is 0.373. The summed E-state index contributed by atoms with van der Waals surface area (Å²) in [7, 11) is 1.54. The Bertz CT molecular complexity index is 586. The maximum atomic E-state index is 9.76. The zero-order valence-electron chi connectivity index (χ0n) is 11.6. The Morgan fingerprint density at radius 3 is 2.65 bits per heavy atom. The molecule has 2 aromatic carbocycles. The highest BCUT2D eigenvalue weighted by molar-refractivity contribution is 9.10. The van der Waals surface area contributed by atoms with E-state index in [0.717, 1.165) is 10.0 Å². The van der Waals surface area contributed by atoms with Crippen LogP contribution in [0.25, 0.3) is 0 Å². The predicted octanol–water partition coefficient (Wildman–Crippen LogP) is 4.01. The average Bonchev–Trinajstić information content (AvgIpc) is 2.45. The average molecular weight is 336 g/mol. The molecule has 0 aliphatic heterocycles. The van der Waals surface area contributed by atoms with Crippen molar-refractivity contribution in [3.05, 3.63) is 58.1 Å². The molecular weight excluding hydrogens is 318 g/mol. The smallest absolute Gasteiger partial charge is 0.160 e. The maximum absolute atomic E-state index is 9.76. The number of hydrogen-bond donors (Lipinski definition) is 2. The minimum absolute atomic E-state index is 0.167. The number of ether oxygens (including phenoxy) is 1. The number of nitrogens with one attached hydrogen (secondary N) is 1. The zero-order valence-corrected chi connectivity index (χ0v) is 13.1. The summed E-state index contributed by atoms with van der Waals surface area (Å²) in [4.78, 5) is 0. The number of aromatic hydroxyl groups is 1. The van der Waals surface area contributed by atoms with Crippen LogP contribution in [0.2, 0.25) is 0 Å². The first kappa shape index (κ1) is 14.9. The van der Waals surface area contributed by atoms with Gasteiger partial charge in [-0.3, -0.25) is 0 Å². The van der Waals surface area contributed by atoms with Crippen molar-refractivity contribution >= 4 is 15.9 Å². The summed E-state index contributed by atoms with van der Waals surface area (Å²) in [6.07, 6.45) is 0. The Morgan fingerprint density at radius 2 is 2.00 bits per heavy atom. The molecule has 0 unspecified atom stereocenters. The highest BCUT2D eigenvalue weighted by atomic mass is 79.9. The SMILES string of the molecule is COc1ccc(CN[C@H](C)c2ccccc2Br)cc1O. The van der Waals surface area contributed by atoms with Crippen LogP contribution in [0.4, 0.5) is 0 Å². The van der Waals surface area contributed by atoms with E-state index in [2.05, 4.69) is 34.2 Å². The molecule has 3 nitrogen and oxygen atoms in total. The molecule has 0 amide bonds. The number of rotatable bonds is 5. The molecule has 0 saturated heterocycles. The van der Waals surface area contributed by atoms with Gasteiger partial charge in [-0.05, 0) is 36.2 Å². The van der Waals surface area contributed by atoms with Gasteiger partial charge < -0.3 is 15.2 Å². The van der Waals surface area contributed by atoms with Gasteiger partial charge in [0.1, 0.15) is 0 Å². The summed E-state index contributed by atoms with van der Waals surface area (Å²) < 4.78 is 6.13. The van der Waals surface area contributed by atoms with Gasteiger partial charge >= 0.3 is 0 Å². The molecule has 2 aromatic rings. The summed E-state index contributed by atoms with van der Waals surface area (Å²) in [6, 6.07) is 13.8. The molecule has 0 aromatic heterocycles. The lowest BCUT2D eigenvalue weighted by Crippen LogP contribution is -2.18. The predicted molar refractivity (Wildman–Crippen MR) is 84.1 cm³/mol. The van der Waals surface area contributed by atoms with Gasteiger partial charge in [-0.2, -0.15) is 0 Å². The third-order valence-electron chi connectivity index (χ3n) is 3.23. The molecule has 0 aliphatic rings. The fraction of sp³-hybridized carbons (Fsp3) is 0.250. The van der Waals surface area contributed by atoms with Gasteiger partial charge in [-0.25, -0.2) is 0 Å². The van der Waals surface area contributed by atoms with Crippen molar-refractivity contribution in [1.82, 2.24) is 5.32 Å². The van der Waals surface area contributed by atoms with Crippen LogP contribution in [-0.4, -0.2) is 12.2 Å². The fourth-order valence-corrected chi connectivity index (χ4v) is 2.68. The van der Waals surface area contributed by atoms with Crippen LogP contribution in [0, 0.1) is 0 Å². The van der Waals surface area contributed by atoms with E-state index in [9.17, 15) is 5.11 Å². The minimum atomic E-state index is 0.167. The van der Waals surface area contributed by atoms with Crippen molar-refractivity contribution in [2.24, 2.45) is 0 Å². The summed E-state index contributed by atoms with van der Waals surface area (Å²) in [6.45, 7) is 2.80. The Kier molecular flexibility index (Phi) is 5.04. The molecule has 0 bridgehead atoms. The standard InChI is InChI=1S/C16H18BrNO2/c1-11(13-5-3-4-6-14(13)17)18-10-12-7-8-16(20-2)15(19)9-12/h3-9,11,18-19H,10H2,1-2H3/t11-/m1/s1. The summed E-state index contributed by atoms with van der Waals surface area (Å²) >= 11 is 3.56. The number of phenols is 1. The molecule has 0 fully saturated rings. The highest BCUT2D eigenvalue weighted by Gasteiger charge is 2.09. The van der Waals surface area contributed by atoms with Gasteiger partial charge in [0.05, 0.1) is 7.11 Å². The van der Waals surface area contributed by atoms with Crippen LogP contribution in [0.15, 0.2) is 46.9 Å². The van der Waals surface area contributed by atoms with Gasteiger partial charge in [0, 0.05) is 17.1 Å². The van der Waals surface area contributed by atoms with E-state index in [4.69, 9.17) is 4.74 Å². The molecule has 20 heavy (non-hydrogen) atoms. The van der Waals surface area contributed by atoms with E-state index in [1.165, 1.54) is 5.56 Å². The van der Waals surface area contributed by atoms with E-state index in [1.807, 2.05) is 24.3 Å². The van der Waals surface area contributed by atoms with Crippen molar-refractivity contribution in [2.45, 2.75) is 19.5 Å². The first-order valence-corrected chi connectivity index (χ1v) is 7.25. The molecule has 0 heterocycles. The largest absolute Gasteiger partial charge is 0.504 e. The highest BCUT2D eigenvalue weighted by Crippen LogP contribution is 2.27. The van der Waals surface area contributed by atoms with Crippen molar-refractivity contribution < 1.29 is 9.84 Å². The number of methoxy groups -OCH3 is 1. The Labute approximate surface area is 127 Å². The minimum Gasteiger partial charge on any atom is -0.504 e. The molecule has 1 atom stereocenters. The van der Waals surface area contributed by atoms with E-state index < -0.39 is 0 Å². The Hall–Kier alpha value is -1.52. The van der Waals surface area contributed by atoms with Crippen molar-refractivity contribution in [1.29, 1.82) is 0 Å². The Balaban J connectivity index is 2.02. The van der Waals surface area contributed by atoms with E-state index in [-0.39, 0.29) is 11.8 Å². The monoisotopic (exact) mass is 335 g/mol. The molecule has 2 rings (SSSR count). The fourth-order valence-electron chi connectivity index (χ4n) is 2.05. The van der Waals surface area contributed by atoms with E-state index >= 15 is 0 Å². The lowest BCUT2D eigenvalue weighted by Gasteiger charge is -2.16. The van der Waals surface area contributed by atoms with Gasteiger partial charge in [0.25, 0.3) is 0 Å². The molecular formula is C16H18BrNO2. The molecule has 4 heteroatoms. The third-order valence-corrected chi connectivity index (χ3v) is 3.95. The first-order chi connectivity index (χ1) is 9.61. The topological polar surface area (TPSA) is 41.5 Å². The number of hydrogen-bond acceptors (Lipinski definition) is 3. The quantitative estimate of drug-likeness (QED) is 0.867. The number of halogens is 1. The second kappa shape index (κ2) is 6.77. The van der Waals surface area contributed by atoms with Crippen LogP contribution in [0.5, 0.6) is 11.5 Å². The molecule has 0 aliphatic carbocycles. The van der Waals surface area contributed by atoms with Crippen LogP contribution in [0.1, 0.15) is 24.1 Å². The van der Waals surface area contributed by atoms with Crippen LogP contribution in [0.3, 0.4) is 0 Å². The zero-order chi connectivity index (χ0) is 14.5. The molecule has 0 radical (unpaired) electrons. The normalized spacial score (nSPS) is 12.2. The molecule has 2 N–H and O–H groups in total. The van der Waals surface area contributed by atoms with E-state index in [0.29, 0.717) is 12.3 Å². The first-order valence-electron chi connectivity index (χ1n) is 6.45. The van der Waals surface area contributed by atoms with Crippen molar-refractivity contribution in [2.75, 3.05) is 7.11 Å².